The summed E-state index contributed by atoms with van der Waals surface area (Å²) in [7, 11) is 0. The maximum absolute atomic E-state index is 14.5. The van der Waals surface area contributed by atoms with Crippen LogP contribution in [0.3, 0.4) is 0 Å². The SMILES string of the molecule is C1=CC2=CC=C(CC2)N1.Cc1ccc(C#Cc2cc(F)cc3c2CCc2c-3ccc3c2CCC=C3)cn1. The molecule has 0 unspecified atom stereocenters. The molecule has 0 spiro atoms. The Morgan fingerprint density at radius 1 is 0.838 bits per heavy atom. The van der Waals surface area contributed by atoms with Crippen molar-refractivity contribution in [1.82, 2.24) is 10.3 Å². The Kier molecular flexibility index (Phi) is 6.33. The van der Waals surface area contributed by atoms with Crippen molar-refractivity contribution in [3.63, 3.8) is 0 Å². The lowest BCUT2D eigenvalue weighted by atomic mass is 9.78. The van der Waals surface area contributed by atoms with E-state index in [1.807, 2.05) is 25.3 Å². The number of nitrogens with zero attached hydrogens (tertiary/aromatic N) is 1. The standard InChI is InChI=1S/C26H20FN.C8H9N/c1-17-6-7-18(16-28-17)8-9-20-14-21(27)15-26-23(20)12-13-24-22-5-3-2-4-19(22)10-11-25(24)26;1-3-8-4-2-7(1)5-6-9-8/h2,4,6-7,10-11,14-16H,3,5,12-13H2,1H3;1,3,5-6,9H,2,4H2. The molecular weight excluding hydrogens is 455 g/mol. The van der Waals surface area contributed by atoms with Gasteiger partial charge in [-0.2, -0.15) is 0 Å². The molecule has 2 aliphatic heterocycles. The van der Waals surface area contributed by atoms with Crippen LogP contribution in [-0.4, -0.2) is 4.98 Å². The van der Waals surface area contributed by atoms with E-state index in [-0.39, 0.29) is 5.82 Å². The number of hydrogen-bond acceptors (Lipinski definition) is 2. The Hall–Kier alpha value is -4.16. The van der Waals surface area contributed by atoms with Crippen molar-refractivity contribution in [3.8, 4) is 23.0 Å². The van der Waals surface area contributed by atoms with E-state index in [2.05, 4.69) is 64.7 Å². The lowest BCUT2D eigenvalue weighted by Gasteiger charge is -2.26. The zero-order valence-corrected chi connectivity index (χ0v) is 21.1. The molecule has 0 fully saturated rings. The number of allylic oxidation sites excluding steroid dienone is 6. The summed E-state index contributed by atoms with van der Waals surface area (Å²) in [6, 6.07) is 11.5. The van der Waals surface area contributed by atoms with Crippen molar-refractivity contribution in [2.24, 2.45) is 0 Å². The number of hydrogen-bond donors (Lipinski definition) is 1. The van der Waals surface area contributed by atoms with Crippen LogP contribution in [0.1, 0.15) is 58.3 Å². The van der Waals surface area contributed by atoms with Crippen LogP contribution in [-0.2, 0) is 19.3 Å². The molecule has 2 bridgehead atoms. The summed E-state index contributed by atoms with van der Waals surface area (Å²) in [6.07, 6.45) is 21.1. The van der Waals surface area contributed by atoms with Crippen molar-refractivity contribution in [2.75, 3.05) is 0 Å². The van der Waals surface area contributed by atoms with Gasteiger partial charge in [0.05, 0.1) is 0 Å². The Balaban J connectivity index is 0.000000235. The number of pyridine rings is 1. The van der Waals surface area contributed by atoms with Crippen LogP contribution in [0.4, 0.5) is 4.39 Å². The monoisotopic (exact) mass is 484 g/mol. The Morgan fingerprint density at radius 3 is 2.59 bits per heavy atom. The van der Waals surface area contributed by atoms with Gasteiger partial charge in [-0.05, 0) is 121 Å². The van der Waals surface area contributed by atoms with E-state index in [1.54, 1.807) is 18.3 Å². The van der Waals surface area contributed by atoms with Gasteiger partial charge in [0, 0.05) is 34.9 Å². The summed E-state index contributed by atoms with van der Waals surface area (Å²) < 4.78 is 14.5. The summed E-state index contributed by atoms with van der Waals surface area (Å²) in [6.45, 7) is 1.95. The van der Waals surface area contributed by atoms with Crippen LogP contribution in [0.5, 0.6) is 0 Å². The second kappa shape index (κ2) is 10.1. The minimum absolute atomic E-state index is 0.226. The van der Waals surface area contributed by atoms with Gasteiger partial charge in [-0.25, -0.2) is 4.39 Å². The fourth-order valence-electron chi connectivity index (χ4n) is 5.50. The molecule has 1 N–H and O–H groups in total. The van der Waals surface area contributed by atoms with Gasteiger partial charge in [0.1, 0.15) is 5.82 Å². The molecule has 0 amide bonds. The number of nitrogens with one attached hydrogen (secondary N) is 1. The van der Waals surface area contributed by atoms with Crippen molar-refractivity contribution < 1.29 is 4.39 Å². The molecule has 37 heavy (non-hydrogen) atoms. The molecule has 3 aliphatic carbocycles. The van der Waals surface area contributed by atoms with Gasteiger partial charge in [0.25, 0.3) is 0 Å². The number of fused-ring (bicyclic) bond motifs is 8. The van der Waals surface area contributed by atoms with Gasteiger partial charge in [0.2, 0.25) is 0 Å². The fourth-order valence-corrected chi connectivity index (χ4v) is 5.50. The molecule has 0 radical (unpaired) electrons. The Bertz CT molecular complexity index is 1560. The van der Waals surface area contributed by atoms with Crippen molar-refractivity contribution in [2.45, 2.75) is 45.4 Å². The number of aryl methyl sites for hydroxylation is 1. The molecule has 1 aromatic heterocycles. The highest BCUT2D eigenvalue weighted by Gasteiger charge is 2.23. The fraction of sp³-hybridized carbons (Fsp3) is 0.206. The maximum atomic E-state index is 14.5. The van der Waals surface area contributed by atoms with Crippen LogP contribution in [0, 0.1) is 24.6 Å². The van der Waals surface area contributed by atoms with E-state index in [4.69, 9.17) is 0 Å². The van der Waals surface area contributed by atoms with Gasteiger partial charge < -0.3 is 5.32 Å². The molecule has 0 saturated carbocycles. The molecule has 182 valence electrons. The first-order valence-electron chi connectivity index (χ1n) is 13.1. The third-order valence-corrected chi connectivity index (χ3v) is 7.46. The lowest BCUT2D eigenvalue weighted by molar-refractivity contribution is 0.626. The third kappa shape index (κ3) is 4.93. The predicted molar refractivity (Wildman–Crippen MR) is 149 cm³/mol. The summed E-state index contributed by atoms with van der Waals surface area (Å²) >= 11 is 0. The Labute approximate surface area is 218 Å². The molecule has 5 aliphatic rings. The topological polar surface area (TPSA) is 24.9 Å². The average molecular weight is 485 g/mol. The number of aromatic nitrogens is 1. The van der Waals surface area contributed by atoms with Crippen LogP contribution < -0.4 is 5.32 Å². The second-order valence-electron chi connectivity index (χ2n) is 9.93. The van der Waals surface area contributed by atoms with Crippen molar-refractivity contribution >= 4 is 6.08 Å². The lowest BCUT2D eigenvalue weighted by Crippen LogP contribution is -2.11. The highest BCUT2D eigenvalue weighted by molar-refractivity contribution is 5.79. The molecular formula is C34H29FN2. The molecule has 3 heterocycles. The van der Waals surface area contributed by atoms with Crippen LogP contribution in [0.15, 0.2) is 84.4 Å². The zero-order valence-electron chi connectivity index (χ0n) is 21.1. The first-order chi connectivity index (χ1) is 18.1. The zero-order chi connectivity index (χ0) is 25.2. The maximum Gasteiger partial charge on any atom is 0.125 e. The first kappa shape index (κ1) is 23.3. The molecule has 0 saturated heterocycles. The van der Waals surface area contributed by atoms with E-state index in [0.29, 0.717) is 0 Å². The molecule has 8 rings (SSSR count). The van der Waals surface area contributed by atoms with Gasteiger partial charge >= 0.3 is 0 Å². The van der Waals surface area contributed by atoms with Crippen LogP contribution >= 0.6 is 0 Å². The van der Waals surface area contributed by atoms with Crippen LogP contribution in [0.2, 0.25) is 0 Å². The number of benzene rings is 2. The highest BCUT2D eigenvalue weighted by Crippen LogP contribution is 2.39. The van der Waals surface area contributed by atoms with E-state index in [0.717, 1.165) is 53.6 Å². The third-order valence-electron chi connectivity index (χ3n) is 7.46. The summed E-state index contributed by atoms with van der Waals surface area (Å²) in [5, 5.41) is 3.20. The molecule has 3 aromatic rings. The van der Waals surface area contributed by atoms with Crippen molar-refractivity contribution in [1.29, 1.82) is 0 Å². The minimum atomic E-state index is -0.226. The normalized spacial score (nSPS) is 15.8. The van der Waals surface area contributed by atoms with Gasteiger partial charge in [0.15, 0.2) is 0 Å². The minimum Gasteiger partial charge on any atom is -0.365 e. The average Bonchev–Trinajstić information content (AvgIpc) is 3.31. The number of halogens is 1. The number of rotatable bonds is 0. The van der Waals surface area contributed by atoms with Gasteiger partial charge in [-0.1, -0.05) is 42.2 Å². The largest absolute Gasteiger partial charge is 0.365 e. The van der Waals surface area contributed by atoms with Gasteiger partial charge in [-0.15, -0.1) is 0 Å². The van der Waals surface area contributed by atoms with E-state index >= 15 is 0 Å². The molecule has 0 atom stereocenters. The summed E-state index contributed by atoms with van der Waals surface area (Å²) in [5.74, 6) is 6.13. The van der Waals surface area contributed by atoms with Gasteiger partial charge in [-0.3, -0.25) is 4.98 Å². The molecule has 2 nitrogen and oxygen atoms in total. The second-order valence-corrected chi connectivity index (χ2v) is 9.93. The van der Waals surface area contributed by atoms with Crippen molar-refractivity contribution in [3.05, 3.63) is 129 Å². The van der Waals surface area contributed by atoms with Crippen LogP contribution in [0.25, 0.3) is 17.2 Å². The summed E-state index contributed by atoms with van der Waals surface area (Å²) in [5.41, 5.74) is 12.9. The molecule has 2 aromatic carbocycles. The highest BCUT2D eigenvalue weighted by atomic mass is 19.1. The predicted octanol–water partition coefficient (Wildman–Crippen LogP) is 7.36. The quantitative estimate of drug-likeness (QED) is 0.337. The first-order valence-corrected chi connectivity index (χ1v) is 13.1. The van der Waals surface area contributed by atoms with E-state index in [9.17, 15) is 4.39 Å². The molecule has 3 heteroatoms. The van der Waals surface area contributed by atoms with E-state index < -0.39 is 0 Å². The Morgan fingerprint density at radius 2 is 1.76 bits per heavy atom. The van der Waals surface area contributed by atoms with E-state index in [1.165, 1.54) is 46.4 Å². The smallest absolute Gasteiger partial charge is 0.125 e. The summed E-state index contributed by atoms with van der Waals surface area (Å²) in [4.78, 5) is 4.28.